The van der Waals surface area contributed by atoms with Crippen molar-refractivity contribution in [3.63, 3.8) is 0 Å². The second-order valence-corrected chi connectivity index (χ2v) is 6.03. The third-order valence-corrected chi connectivity index (χ3v) is 3.84. The van der Waals surface area contributed by atoms with E-state index in [1.165, 1.54) is 23.9 Å². The highest BCUT2D eigenvalue weighted by Crippen LogP contribution is 2.22. The zero-order valence-electron chi connectivity index (χ0n) is 10.4. The molecule has 0 aromatic heterocycles. The summed E-state index contributed by atoms with van der Waals surface area (Å²) in [5.74, 6) is -0.370. The van der Waals surface area contributed by atoms with Crippen molar-refractivity contribution in [2.75, 3.05) is 16.8 Å². The van der Waals surface area contributed by atoms with E-state index in [0.29, 0.717) is 16.3 Å². The average Bonchev–Trinajstić information content (AvgIpc) is 2.35. The van der Waals surface area contributed by atoms with Gasteiger partial charge in [0.1, 0.15) is 5.82 Å². The van der Waals surface area contributed by atoms with Crippen LogP contribution in [0.4, 0.5) is 15.8 Å². The predicted octanol–water partition coefficient (Wildman–Crippen LogP) is 3.90. The van der Waals surface area contributed by atoms with Crippen LogP contribution in [0.1, 0.15) is 0 Å². The third-order valence-electron chi connectivity index (χ3n) is 2.37. The molecule has 20 heavy (non-hydrogen) atoms. The number of nitrogen functional groups attached to an aromatic ring is 1. The number of hydrogen-bond donors (Lipinski definition) is 2. The summed E-state index contributed by atoms with van der Waals surface area (Å²) in [5.41, 5.74) is 6.61. The molecule has 0 fully saturated rings. The van der Waals surface area contributed by atoms with Gasteiger partial charge in [-0.1, -0.05) is 22.0 Å². The Bertz CT molecular complexity index is 616. The minimum absolute atomic E-state index is 0.157. The van der Waals surface area contributed by atoms with Gasteiger partial charge in [0, 0.05) is 20.7 Å². The van der Waals surface area contributed by atoms with E-state index in [1.54, 1.807) is 12.1 Å². The summed E-state index contributed by atoms with van der Waals surface area (Å²) >= 11 is 4.57. The lowest BCUT2D eigenvalue weighted by atomic mass is 10.3. The fraction of sp³-hybridized carbons (Fsp3) is 0.0714. The summed E-state index contributed by atoms with van der Waals surface area (Å²) < 4.78 is 14.0. The molecule has 0 atom stereocenters. The lowest BCUT2D eigenvalue weighted by Crippen LogP contribution is -2.13. The molecule has 0 aliphatic carbocycles. The Balaban J connectivity index is 1.92. The number of rotatable bonds is 4. The van der Waals surface area contributed by atoms with Crippen LogP contribution in [-0.4, -0.2) is 11.7 Å². The summed E-state index contributed by atoms with van der Waals surface area (Å²) in [6.07, 6.45) is 0. The topological polar surface area (TPSA) is 55.1 Å². The van der Waals surface area contributed by atoms with Crippen molar-refractivity contribution in [3.8, 4) is 0 Å². The molecule has 3 nitrogen and oxygen atoms in total. The van der Waals surface area contributed by atoms with Gasteiger partial charge < -0.3 is 11.1 Å². The van der Waals surface area contributed by atoms with Gasteiger partial charge in [-0.25, -0.2) is 4.39 Å². The first-order chi connectivity index (χ1) is 9.52. The van der Waals surface area contributed by atoms with Crippen LogP contribution in [-0.2, 0) is 4.79 Å². The summed E-state index contributed by atoms with van der Waals surface area (Å²) in [6, 6.07) is 11.6. The van der Waals surface area contributed by atoms with Crippen LogP contribution >= 0.6 is 27.7 Å². The Labute approximate surface area is 128 Å². The normalized spacial score (nSPS) is 10.3. The first kappa shape index (κ1) is 14.9. The van der Waals surface area contributed by atoms with E-state index in [0.717, 1.165) is 4.47 Å². The summed E-state index contributed by atoms with van der Waals surface area (Å²) in [5, 5.41) is 2.77. The Morgan fingerprint density at radius 1 is 1.30 bits per heavy atom. The minimum Gasteiger partial charge on any atom is -0.399 e. The molecule has 1 amide bonds. The van der Waals surface area contributed by atoms with Crippen LogP contribution in [0.25, 0.3) is 0 Å². The largest absolute Gasteiger partial charge is 0.399 e. The second kappa shape index (κ2) is 6.76. The van der Waals surface area contributed by atoms with E-state index in [4.69, 9.17) is 5.73 Å². The molecule has 0 aliphatic heterocycles. The van der Waals surface area contributed by atoms with Crippen molar-refractivity contribution in [3.05, 3.63) is 52.8 Å². The number of benzene rings is 2. The molecule has 0 radical (unpaired) electrons. The van der Waals surface area contributed by atoms with E-state index >= 15 is 0 Å². The van der Waals surface area contributed by atoms with Gasteiger partial charge in [0.05, 0.1) is 5.75 Å². The zero-order chi connectivity index (χ0) is 14.5. The van der Waals surface area contributed by atoms with Crippen molar-refractivity contribution in [1.82, 2.24) is 0 Å². The third kappa shape index (κ3) is 4.54. The molecule has 2 rings (SSSR count). The van der Waals surface area contributed by atoms with Gasteiger partial charge in [0.25, 0.3) is 0 Å². The number of hydrogen-bond acceptors (Lipinski definition) is 3. The monoisotopic (exact) mass is 354 g/mol. The fourth-order valence-corrected chi connectivity index (χ4v) is 2.76. The van der Waals surface area contributed by atoms with Crippen molar-refractivity contribution in [2.24, 2.45) is 0 Å². The fourth-order valence-electron chi connectivity index (χ4n) is 1.58. The van der Waals surface area contributed by atoms with Gasteiger partial charge in [0.2, 0.25) is 5.91 Å². The summed E-state index contributed by atoms with van der Waals surface area (Å²) in [4.78, 5) is 12.4. The number of halogens is 2. The van der Waals surface area contributed by atoms with Gasteiger partial charge in [0.15, 0.2) is 0 Å². The molecule has 0 spiro atoms. The van der Waals surface area contributed by atoms with Crippen molar-refractivity contribution >= 4 is 45.0 Å². The maximum Gasteiger partial charge on any atom is 0.234 e. The average molecular weight is 355 g/mol. The highest BCUT2D eigenvalue weighted by molar-refractivity contribution is 9.10. The van der Waals surface area contributed by atoms with E-state index in [9.17, 15) is 9.18 Å². The highest BCUT2D eigenvalue weighted by atomic mass is 79.9. The molecule has 0 bridgehead atoms. The molecular formula is C14H12BrFN2OS. The maximum atomic E-state index is 13.1. The standard InChI is InChI=1S/C14H12BrFN2OS/c15-9-2-1-3-12(4-9)18-14(19)8-20-13-6-10(16)5-11(17)7-13/h1-7H,8,17H2,(H,18,19). The molecule has 2 aromatic rings. The van der Waals surface area contributed by atoms with Gasteiger partial charge in [-0.15, -0.1) is 11.8 Å². The maximum absolute atomic E-state index is 13.1. The Morgan fingerprint density at radius 2 is 2.10 bits per heavy atom. The van der Waals surface area contributed by atoms with Crippen molar-refractivity contribution in [2.45, 2.75) is 4.90 Å². The van der Waals surface area contributed by atoms with Crippen molar-refractivity contribution < 1.29 is 9.18 Å². The van der Waals surface area contributed by atoms with E-state index in [1.807, 2.05) is 18.2 Å². The number of carbonyl (C=O) groups is 1. The Morgan fingerprint density at radius 3 is 2.80 bits per heavy atom. The minimum atomic E-state index is -0.403. The molecule has 0 saturated carbocycles. The van der Waals surface area contributed by atoms with E-state index < -0.39 is 5.82 Å². The number of carbonyl (C=O) groups excluding carboxylic acids is 1. The van der Waals surface area contributed by atoms with Gasteiger partial charge >= 0.3 is 0 Å². The number of nitrogens with two attached hydrogens (primary N) is 1. The van der Waals surface area contributed by atoms with Crippen LogP contribution in [0, 0.1) is 5.82 Å². The number of thioether (sulfide) groups is 1. The highest BCUT2D eigenvalue weighted by Gasteiger charge is 2.05. The van der Waals surface area contributed by atoms with Crippen LogP contribution in [0.3, 0.4) is 0 Å². The molecule has 0 saturated heterocycles. The van der Waals surface area contributed by atoms with Gasteiger partial charge in [-0.2, -0.15) is 0 Å². The lowest BCUT2D eigenvalue weighted by molar-refractivity contribution is -0.113. The molecule has 2 aromatic carbocycles. The van der Waals surface area contributed by atoms with Crippen LogP contribution in [0.2, 0.25) is 0 Å². The van der Waals surface area contributed by atoms with Crippen LogP contribution in [0.5, 0.6) is 0 Å². The molecule has 104 valence electrons. The molecule has 6 heteroatoms. The second-order valence-electron chi connectivity index (χ2n) is 4.07. The van der Waals surface area contributed by atoms with E-state index in [2.05, 4.69) is 21.2 Å². The summed E-state index contributed by atoms with van der Waals surface area (Å²) in [7, 11) is 0. The van der Waals surface area contributed by atoms with Crippen LogP contribution < -0.4 is 11.1 Å². The molecule has 0 unspecified atom stereocenters. The van der Waals surface area contributed by atoms with E-state index in [-0.39, 0.29) is 11.7 Å². The van der Waals surface area contributed by atoms with Crippen molar-refractivity contribution in [1.29, 1.82) is 0 Å². The molecule has 0 aliphatic rings. The Hall–Kier alpha value is -1.53. The predicted molar refractivity (Wildman–Crippen MR) is 84.3 cm³/mol. The molecule has 3 N–H and O–H groups in total. The first-order valence-electron chi connectivity index (χ1n) is 5.77. The number of anilines is 2. The molecule has 0 heterocycles. The SMILES string of the molecule is Nc1cc(F)cc(SCC(=O)Nc2cccc(Br)c2)c1. The lowest BCUT2D eigenvalue weighted by Gasteiger charge is -2.06. The first-order valence-corrected chi connectivity index (χ1v) is 7.55. The van der Waals surface area contributed by atoms with Gasteiger partial charge in [-0.05, 0) is 36.4 Å². The summed E-state index contributed by atoms with van der Waals surface area (Å²) in [6.45, 7) is 0. The number of amides is 1. The van der Waals surface area contributed by atoms with Crippen LogP contribution in [0.15, 0.2) is 51.8 Å². The molecular weight excluding hydrogens is 343 g/mol. The zero-order valence-corrected chi connectivity index (χ0v) is 12.8. The van der Waals surface area contributed by atoms with Gasteiger partial charge in [-0.3, -0.25) is 4.79 Å². The smallest absolute Gasteiger partial charge is 0.234 e. The number of nitrogens with one attached hydrogen (secondary N) is 1. The Kier molecular flexibility index (Phi) is 5.03. The quantitative estimate of drug-likeness (QED) is 0.646.